The van der Waals surface area contributed by atoms with Crippen molar-refractivity contribution >= 4 is 5.97 Å². The van der Waals surface area contributed by atoms with Gasteiger partial charge in [-0.1, -0.05) is 12.2 Å². The lowest BCUT2D eigenvalue weighted by atomic mass is 9.88. The highest BCUT2D eigenvalue weighted by molar-refractivity contribution is 5.80. The standard InChI is InChI=1S/C8H11NO2/c9-11-7(10)8-3-1-6(5-8)2-4-8/h1,3,6H,2,4-5,9H2. The van der Waals surface area contributed by atoms with Crippen LogP contribution in [-0.2, 0) is 9.63 Å². The molecule has 0 aliphatic heterocycles. The molecular formula is C8H11NO2. The minimum atomic E-state index is -0.348. The Morgan fingerprint density at radius 1 is 1.73 bits per heavy atom. The van der Waals surface area contributed by atoms with Crippen LogP contribution in [0.15, 0.2) is 12.2 Å². The first-order valence-electron chi connectivity index (χ1n) is 3.87. The van der Waals surface area contributed by atoms with Gasteiger partial charge >= 0.3 is 5.97 Å². The van der Waals surface area contributed by atoms with E-state index in [0.717, 1.165) is 19.3 Å². The second-order valence-electron chi connectivity index (χ2n) is 3.42. The van der Waals surface area contributed by atoms with Crippen molar-refractivity contribution in [3.63, 3.8) is 0 Å². The van der Waals surface area contributed by atoms with E-state index >= 15 is 0 Å². The lowest BCUT2D eigenvalue weighted by Crippen LogP contribution is -2.29. The summed E-state index contributed by atoms with van der Waals surface area (Å²) in [4.78, 5) is 15.5. The summed E-state index contributed by atoms with van der Waals surface area (Å²) >= 11 is 0. The summed E-state index contributed by atoms with van der Waals surface area (Å²) in [7, 11) is 0. The predicted octanol–water partition coefficient (Wildman–Crippen LogP) is 0.760. The molecule has 11 heavy (non-hydrogen) atoms. The molecule has 2 atom stereocenters. The zero-order chi connectivity index (χ0) is 7.90. The van der Waals surface area contributed by atoms with Crippen LogP contribution >= 0.6 is 0 Å². The zero-order valence-electron chi connectivity index (χ0n) is 6.25. The van der Waals surface area contributed by atoms with E-state index in [-0.39, 0.29) is 11.4 Å². The quantitative estimate of drug-likeness (QED) is 0.447. The van der Waals surface area contributed by atoms with Crippen molar-refractivity contribution < 1.29 is 9.63 Å². The van der Waals surface area contributed by atoms with Crippen LogP contribution in [0.4, 0.5) is 0 Å². The van der Waals surface area contributed by atoms with Gasteiger partial charge in [0.2, 0.25) is 0 Å². The van der Waals surface area contributed by atoms with Crippen LogP contribution in [-0.4, -0.2) is 5.97 Å². The van der Waals surface area contributed by atoms with Gasteiger partial charge in [0.05, 0.1) is 5.41 Å². The van der Waals surface area contributed by atoms with Crippen molar-refractivity contribution in [1.82, 2.24) is 0 Å². The summed E-state index contributed by atoms with van der Waals surface area (Å²) in [6.45, 7) is 0. The fourth-order valence-electron chi connectivity index (χ4n) is 2.12. The third-order valence-electron chi connectivity index (χ3n) is 2.79. The number of allylic oxidation sites excluding steroid dienone is 1. The van der Waals surface area contributed by atoms with Gasteiger partial charge in [0.25, 0.3) is 0 Å². The van der Waals surface area contributed by atoms with E-state index in [1.54, 1.807) is 0 Å². The highest BCUT2D eigenvalue weighted by Crippen LogP contribution is 2.49. The van der Waals surface area contributed by atoms with Gasteiger partial charge in [-0.15, -0.1) is 0 Å². The minimum Gasteiger partial charge on any atom is -0.373 e. The first-order chi connectivity index (χ1) is 5.27. The molecule has 0 aromatic heterocycles. The molecule has 1 fully saturated rings. The summed E-state index contributed by atoms with van der Waals surface area (Å²) in [5.74, 6) is 5.17. The van der Waals surface area contributed by atoms with Gasteiger partial charge in [-0.05, 0) is 25.2 Å². The van der Waals surface area contributed by atoms with Crippen molar-refractivity contribution in [2.75, 3.05) is 0 Å². The highest BCUT2D eigenvalue weighted by atomic mass is 16.7. The number of carbonyl (C=O) groups is 1. The predicted molar refractivity (Wildman–Crippen MR) is 39.2 cm³/mol. The van der Waals surface area contributed by atoms with E-state index in [0.29, 0.717) is 5.92 Å². The van der Waals surface area contributed by atoms with Crippen molar-refractivity contribution in [3.8, 4) is 0 Å². The third kappa shape index (κ3) is 0.807. The average molecular weight is 153 g/mol. The van der Waals surface area contributed by atoms with Crippen LogP contribution in [0.25, 0.3) is 0 Å². The third-order valence-corrected chi connectivity index (χ3v) is 2.79. The van der Waals surface area contributed by atoms with E-state index in [9.17, 15) is 4.79 Å². The van der Waals surface area contributed by atoms with Crippen molar-refractivity contribution in [1.29, 1.82) is 0 Å². The molecule has 0 aromatic carbocycles. The minimum absolute atomic E-state index is 0.270. The molecule has 0 saturated heterocycles. The van der Waals surface area contributed by atoms with Gasteiger partial charge in [0, 0.05) is 0 Å². The first kappa shape index (κ1) is 6.85. The smallest absolute Gasteiger partial charge is 0.334 e. The Morgan fingerprint density at radius 3 is 2.91 bits per heavy atom. The van der Waals surface area contributed by atoms with E-state index in [4.69, 9.17) is 5.90 Å². The second-order valence-corrected chi connectivity index (χ2v) is 3.42. The molecule has 2 aliphatic rings. The highest BCUT2D eigenvalue weighted by Gasteiger charge is 2.47. The molecular weight excluding hydrogens is 142 g/mol. The SMILES string of the molecule is NOC(=O)C12C=CC(CC1)C2. The Labute approximate surface area is 65.2 Å². The number of nitrogens with two attached hydrogens (primary N) is 1. The monoisotopic (exact) mass is 153 g/mol. The number of rotatable bonds is 1. The second kappa shape index (κ2) is 2.08. The Hall–Kier alpha value is -0.830. The number of hydrogen-bond acceptors (Lipinski definition) is 3. The Bertz CT molecular complexity index is 224. The lowest BCUT2D eigenvalue weighted by Gasteiger charge is -2.18. The molecule has 2 unspecified atom stereocenters. The van der Waals surface area contributed by atoms with E-state index < -0.39 is 0 Å². The van der Waals surface area contributed by atoms with Crippen LogP contribution in [0.2, 0.25) is 0 Å². The average Bonchev–Trinajstić information content (AvgIpc) is 2.62. The number of fused-ring (bicyclic) bond motifs is 2. The fraction of sp³-hybridized carbons (Fsp3) is 0.625. The molecule has 2 aliphatic carbocycles. The molecule has 1 saturated carbocycles. The molecule has 0 heterocycles. The van der Waals surface area contributed by atoms with Crippen molar-refractivity contribution in [2.24, 2.45) is 17.2 Å². The Balaban J connectivity index is 2.23. The van der Waals surface area contributed by atoms with Gasteiger partial charge in [0.15, 0.2) is 0 Å². The summed E-state index contributed by atoms with van der Waals surface area (Å²) in [6.07, 6.45) is 6.97. The van der Waals surface area contributed by atoms with Gasteiger partial charge in [0.1, 0.15) is 0 Å². The Kier molecular flexibility index (Phi) is 1.29. The van der Waals surface area contributed by atoms with Crippen molar-refractivity contribution in [2.45, 2.75) is 19.3 Å². The summed E-state index contributed by atoms with van der Waals surface area (Å²) < 4.78 is 0. The molecule has 60 valence electrons. The van der Waals surface area contributed by atoms with Crippen LogP contribution in [0, 0.1) is 11.3 Å². The van der Waals surface area contributed by atoms with E-state index in [1.807, 2.05) is 6.08 Å². The topological polar surface area (TPSA) is 52.3 Å². The molecule has 3 heteroatoms. The summed E-state index contributed by atoms with van der Waals surface area (Å²) in [6, 6.07) is 0. The molecule has 0 aromatic rings. The number of hydrogen-bond donors (Lipinski definition) is 1. The van der Waals surface area contributed by atoms with Crippen molar-refractivity contribution in [3.05, 3.63) is 12.2 Å². The fourth-order valence-corrected chi connectivity index (χ4v) is 2.12. The largest absolute Gasteiger partial charge is 0.373 e. The molecule has 3 nitrogen and oxygen atoms in total. The van der Waals surface area contributed by atoms with E-state index in [1.165, 1.54) is 0 Å². The van der Waals surface area contributed by atoms with Gasteiger partial charge in [-0.25, -0.2) is 4.79 Å². The Morgan fingerprint density at radius 2 is 2.55 bits per heavy atom. The molecule has 2 bridgehead atoms. The molecule has 0 spiro atoms. The maximum absolute atomic E-state index is 11.2. The lowest BCUT2D eigenvalue weighted by molar-refractivity contribution is -0.153. The summed E-state index contributed by atoms with van der Waals surface area (Å²) in [5, 5.41) is 0. The molecule has 0 amide bonds. The number of carbonyl (C=O) groups excluding carboxylic acids is 1. The van der Waals surface area contributed by atoms with Crippen LogP contribution in [0.1, 0.15) is 19.3 Å². The maximum Gasteiger partial charge on any atom is 0.334 e. The maximum atomic E-state index is 11.2. The van der Waals surface area contributed by atoms with E-state index in [2.05, 4.69) is 10.9 Å². The van der Waals surface area contributed by atoms with Gasteiger partial charge in [-0.2, -0.15) is 5.90 Å². The summed E-state index contributed by atoms with van der Waals surface area (Å²) in [5.41, 5.74) is -0.348. The normalized spacial score (nSPS) is 39.5. The van der Waals surface area contributed by atoms with Gasteiger partial charge in [-0.3, -0.25) is 0 Å². The molecule has 0 radical (unpaired) electrons. The zero-order valence-corrected chi connectivity index (χ0v) is 6.25. The molecule has 2 N–H and O–H groups in total. The van der Waals surface area contributed by atoms with Gasteiger partial charge < -0.3 is 4.84 Å². The first-order valence-corrected chi connectivity index (χ1v) is 3.87. The van der Waals surface area contributed by atoms with Crippen LogP contribution < -0.4 is 5.90 Å². The van der Waals surface area contributed by atoms with Crippen LogP contribution in [0.3, 0.4) is 0 Å². The molecule has 2 rings (SSSR count). The van der Waals surface area contributed by atoms with Crippen LogP contribution in [0.5, 0.6) is 0 Å².